The Morgan fingerprint density at radius 3 is 2.54 bits per heavy atom. The van der Waals surface area contributed by atoms with Gasteiger partial charge >= 0.3 is 0 Å². The zero-order valence-electron chi connectivity index (χ0n) is 16.6. The lowest BCUT2D eigenvalue weighted by Gasteiger charge is -2.21. The predicted molar refractivity (Wildman–Crippen MR) is 114 cm³/mol. The second-order valence-electron chi connectivity index (χ2n) is 6.93. The molecule has 0 spiro atoms. The van der Waals surface area contributed by atoms with E-state index in [-0.39, 0.29) is 5.56 Å². The SMILES string of the molecule is C#Cc1cc(=O)n(C)c2nc(Nc3ccc(N(C)CCN(C)C)cc3)ncc12. The summed E-state index contributed by atoms with van der Waals surface area (Å²) < 4.78 is 1.46. The number of likely N-dealkylation sites (N-methyl/N-ethyl adjacent to an activating group) is 2. The molecule has 3 rings (SSSR count). The average molecular weight is 376 g/mol. The number of nitrogens with one attached hydrogen (secondary N) is 1. The Morgan fingerprint density at radius 2 is 1.89 bits per heavy atom. The number of anilines is 3. The van der Waals surface area contributed by atoms with Gasteiger partial charge in [-0.2, -0.15) is 4.98 Å². The topological polar surface area (TPSA) is 66.3 Å². The normalized spacial score (nSPS) is 10.9. The Bertz CT molecular complexity index is 1080. The van der Waals surface area contributed by atoms with E-state index in [1.165, 1.54) is 10.6 Å². The van der Waals surface area contributed by atoms with Crippen molar-refractivity contribution in [2.24, 2.45) is 7.05 Å². The highest BCUT2D eigenvalue weighted by molar-refractivity contribution is 5.82. The fourth-order valence-electron chi connectivity index (χ4n) is 2.81. The first kappa shape index (κ1) is 19.4. The Hall–Kier alpha value is -3.37. The largest absolute Gasteiger partial charge is 0.373 e. The van der Waals surface area contributed by atoms with Gasteiger partial charge in [0.2, 0.25) is 5.95 Å². The number of benzene rings is 1. The minimum absolute atomic E-state index is 0.199. The molecule has 7 heteroatoms. The molecular formula is C21H24N6O. The monoisotopic (exact) mass is 376 g/mol. The third-order valence-electron chi connectivity index (χ3n) is 4.58. The summed E-state index contributed by atoms with van der Waals surface area (Å²) >= 11 is 0. The zero-order chi connectivity index (χ0) is 20.3. The van der Waals surface area contributed by atoms with Crippen LogP contribution in [0.3, 0.4) is 0 Å². The smallest absolute Gasteiger partial charge is 0.253 e. The summed E-state index contributed by atoms with van der Waals surface area (Å²) in [7, 11) is 7.86. The van der Waals surface area contributed by atoms with Gasteiger partial charge in [0.1, 0.15) is 5.65 Å². The standard InChI is InChI=1S/C21H24N6O/c1-6-15-13-19(28)27(5)20-18(15)14-22-21(24-20)23-16-7-9-17(10-8-16)26(4)12-11-25(2)3/h1,7-10,13-14H,11-12H2,2-5H3,(H,22,23,24). The number of hydrogen-bond donors (Lipinski definition) is 1. The molecule has 7 nitrogen and oxygen atoms in total. The number of aryl methyl sites for hydroxylation is 1. The molecule has 0 amide bonds. The Morgan fingerprint density at radius 1 is 1.18 bits per heavy atom. The predicted octanol–water partition coefficient (Wildman–Crippen LogP) is 2.05. The maximum Gasteiger partial charge on any atom is 0.253 e. The van der Waals surface area contributed by atoms with Crippen molar-refractivity contribution in [1.82, 2.24) is 19.4 Å². The highest BCUT2D eigenvalue weighted by atomic mass is 16.1. The van der Waals surface area contributed by atoms with Gasteiger partial charge in [0, 0.05) is 56.4 Å². The van der Waals surface area contributed by atoms with Crippen LogP contribution in [0.4, 0.5) is 17.3 Å². The summed E-state index contributed by atoms with van der Waals surface area (Å²) in [6.07, 6.45) is 7.14. The van der Waals surface area contributed by atoms with Gasteiger partial charge in [0.05, 0.1) is 5.39 Å². The molecule has 0 bridgehead atoms. The molecule has 0 radical (unpaired) electrons. The Balaban J connectivity index is 1.82. The molecule has 1 aromatic carbocycles. The number of hydrogen-bond acceptors (Lipinski definition) is 6. The lowest BCUT2D eigenvalue weighted by molar-refractivity contribution is 0.416. The van der Waals surface area contributed by atoms with Crippen molar-refractivity contribution >= 4 is 28.4 Å². The van der Waals surface area contributed by atoms with E-state index in [9.17, 15) is 4.79 Å². The first-order valence-corrected chi connectivity index (χ1v) is 8.95. The van der Waals surface area contributed by atoms with Crippen LogP contribution in [-0.4, -0.2) is 53.7 Å². The van der Waals surface area contributed by atoms with Gasteiger partial charge < -0.3 is 15.1 Å². The number of terminal acetylenes is 1. The van der Waals surface area contributed by atoms with Crippen LogP contribution in [0.2, 0.25) is 0 Å². The van der Waals surface area contributed by atoms with Gasteiger partial charge in [-0.1, -0.05) is 5.92 Å². The summed E-state index contributed by atoms with van der Waals surface area (Å²) in [6.45, 7) is 1.93. The molecule has 28 heavy (non-hydrogen) atoms. The maximum absolute atomic E-state index is 12.1. The zero-order valence-corrected chi connectivity index (χ0v) is 16.6. The lowest BCUT2D eigenvalue weighted by atomic mass is 10.2. The third kappa shape index (κ3) is 4.13. The van der Waals surface area contributed by atoms with E-state index in [2.05, 4.69) is 52.1 Å². The van der Waals surface area contributed by atoms with Crippen LogP contribution in [0.1, 0.15) is 5.56 Å². The summed E-state index contributed by atoms with van der Waals surface area (Å²) in [5, 5.41) is 3.85. The van der Waals surface area contributed by atoms with E-state index in [4.69, 9.17) is 6.42 Å². The minimum Gasteiger partial charge on any atom is -0.373 e. The minimum atomic E-state index is -0.199. The molecule has 0 aliphatic rings. The fraction of sp³-hybridized carbons (Fsp3) is 0.286. The van der Waals surface area contributed by atoms with Crippen LogP contribution in [0, 0.1) is 12.3 Å². The lowest BCUT2D eigenvalue weighted by Crippen LogP contribution is -2.28. The van der Waals surface area contributed by atoms with Crippen molar-refractivity contribution in [3.63, 3.8) is 0 Å². The summed E-state index contributed by atoms with van der Waals surface area (Å²) in [4.78, 5) is 25.2. The van der Waals surface area contributed by atoms with E-state index in [1.807, 2.05) is 24.3 Å². The van der Waals surface area contributed by atoms with E-state index in [0.717, 1.165) is 24.5 Å². The molecule has 144 valence electrons. The molecular weight excluding hydrogens is 352 g/mol. The number of aromatic nitrogens is 3. The Kier molecular flexibility index (Phi) is 5.62. The Labute approximate surface area is 164 Å². The molecule has 1 N–H and O–H groups in total. The summed E-state index contributed by atoms with van der Waals surface area (Å²) in [5.41, 5.74) is 2.79. The second-order valence-corrected chi connectivity index (χ2v) is 6.93. The van der Waals surface area contributed by atoms with Crippen molar-refractivity contribution < 1.29 is 0 Å². The molecule has 0 atom stereocenters. The molecule has 3 aromatic rings. The van der Waals surface area contributed by atoms with E-state index in [0.29, 0.717) is 22.5 Å². The highest BCUT2D eigenvalue weighted by Gasteiger charge is 2.09. The van der Waals surface area contributed by atoms with Crippen LogP contribution in [0.25, 0.3) is 11.0 Å². The molecule has 0 aliphatic heterocycles. The van der Waals surface area contributed by atoms with Gasteiger partial charge in [-0.25, -0.2) is 4.98 Å². The first-order valence-electron chi connectivity index (χ1n) is 8.95. The molecule has 0 saturated carbocycles. The fourth-order valence-corrected chi connectivity index (χ4v) is 2.81. The first-order chi connectivity index (χ1) is 13.4. The van der Waals surface area contributed by atoms with Crippen molar-refractivity contribution in [2.75, 3.05) is 44.4 Å². The van der Waals surface area contributed by atoms with Gasteiger partial charge in [-0.15, -0.1) is 6.42 Å². The van der Waals surface area contributed by atoms with E-state index >= 15 is 0 Å². The highest BCUT2D eigenvalue weighted by Crippen LogP contribution is 2.20. The molecule has 0 unspecified atom stereocenters. The molecule has 0 saturated heterocycles. The summed E-state index contributed by atoms with van der Waals surface area (Å²) in [6, 6.07) is 9.47. The van der Waals surface area contributed by atoms with Crippen molar-refractivity contribution in [3.8, 4) is 12.3 Å². The molecule has 0 aliphatic carbocycles. The number of fused-ring (bicyclic) bond motifs is 1. The van der Waals surface area contributed by atoms with Crippen LogP contribution in [-0.2, 0) is 7.05 Å². The van der Waals surface area contributed by atoms with Crippen molar-refractivity contribution in [3.05, 3.63) is 52.4 Å². The third-order valence-corrected chi connectivity index (χ3v) is 4.58. The van der Waals surface area contributed by atoms with Gasteiger partial charge in [-0.05, 0) is 38.4 Å². The van der Waals surface area contributed by atoms with Gasteiger partial charge in [0.25, 0.3) is 5.56 Å². The van der Waals surface area contributed by atoms with Crippen molar-refractivity contribution in [1.29, 1.82) is 0 Å². The van der Waals surface area contributed by atoms with Gasteiger partial charge in [0.15, 0.2) is 0 Å². The van der Waals surface area contributed by atoms with Crippen LogP contribution < -0.4 is 15.8 Å². The molecule has 2 heterocycles. The molecule has 0 fully saturated rings. The number of pyridine rings is 1. The van der Waals surface area contributed by atoms with E-state index < -0.39 is 0 Å². The number of nitrogens with zero attached hydrogens (tertiary/aromatic N) is 5. The van der Waals surface area contributed by atoms with Gasteiger partial charge in [-0.3, -0.25) is 9.36 Å². The summed E-state index contributed by atoms with van der Waals surface area (Å²) in [5.74, 6) is 2.93. The quantitative estimate of drug-likeness (QED) is 0.664. The molecule has 2 aromatic heterocycles. The second kappa shape index (κ2) is 8.11. The number of rotatable bonds is 6. The van der Waals surface area contributed by atoms with Crippen LogP contribution in [0.15, 0.2) is 41.3 Å². The van der Waals surface area contributed by atoms with E-state index in [1.54, 1.807) is 13.2 Å². The van der Waals surface area contributed by atoms with Crippen molar-refractivity contribution in [2.45, 2.75) is 0 Å². The van der Waals surface area contributed by atoms with Crippen LogP contribution >= 0.6 is 0 Å². The maximum atomic E-state index is 12.1. The van der Waals surface area contributed by atoms with Crippen LogP contribution in [0.5, 0.6) is 0 Å². The average Bonchev–Trinajstić information content (AvgIpc) is 2.69.